The molecule has 3 nitrogen and oxygen atoms in total. The minimum atomic E-state index is -0.550. The van der Waals surface area contributed by atoms with E-state index in [4.69, 9.17) is 0 Å². The fourth-order valence-corrected chi connectivity index (χ4v) is 1.97. The fraction of sp³-hybridized carbons (Fsp3) is 0.533. The van der Waals surface area contributed by atoms with E-state index in [1.165, 1.54) is 25.0 Å². The Morgan fingerprint density at radius 2 is 2.15 bits per heavy atom. The van der Waals surface area contributed by atoms with Gasteiger partial charge >= 0.3 is 0 Å². The van der Waals surface area contributed by atoms with Gasteiger partial charge in [-0.2, -0.15) is 0 Å². The number of rotatable bonds is 5. The summed E-state index contributed by atoms with van der Waals surface area (Å²) < 4.78 is 26.6. The highest BCUT2D eigenvalue weighted by atomic mass is 19.1. The molecule has 1 unspecified atom stereocenters. The minimum Gasteiger partial charge on any atom is -0.357 e. The van der Waals surface area contributed by atoms with Crippen molar-refractivity contribution in [3.63, 3.8) is 0 Å². The summed E-state index contributed by atoms with van der Waals surface area (Å²) in [6.07, 6.45) is 2.35. The van der Waals surface area contributed by atoms with Crippen molar-refractivity contribution in [2.24, 2.45) is 4.99 Å². The van der Waals surface area contributed by atoms with Gasteiger partial charge in [0, 0.05) is 31.1 Å². The maximum Gasteiger partial charge on any atom is 0.191 e. The predicted octanol–water partition coefficient (Wildman–Crippen LogP) is 2.79. The summed E-state index contributed by atoms with van der Waals surface area (Å²) in [5, 5.41) is 6.48. The molecule has 0 amide bonds. The molecule has 0 aliphatic heterocycles. The predicted molar refractivity (Wildman–Crippen MR) is 76.9 cm³/mol. The van der Waals surface area contributed by atoms with Gasteiger partial charge in [-0.3, -0.25) is 4.99 Å². The average Bonchev–Trinajstić information content (AvgIpc) is 3.20. The van der Waals surface area contributed by atoms with Crippen molar-refractivity contribution in [1.29, 1.82) is 0 Å². The summed E-state index contributed by atoms with van der Waals surface area (Å²) in [5.41, 5.74) is 0.498. The van der Waals surface area contributed by atoms with Crippen LogP contribution in [0.5, 0.6) is 0 Å². The molecule has 1 aliphatic carbocycles. The average molecular weight is 281 g/mol. The molecule has 0 aromatic heterocycles. The van der Waals surface area contributed by atoms with E-state index in [9.17, 15) is 8.78 Å². The second-order valence-electron chi connectivity index (χ2n) is 5.21. The summed E-state index contributed by atoms with van der Waals surface area (Å²) in [5.74, 6) is -0.381. The maximum absolute atomic E-state index is 13.7. The Morgan fingerprint density at radius 1 is 1.40 bits per heavy atom. The zero-order valence-electron chi connectivity index (χ0n) is 11.9. The first-order chi connectivity index (χ1) is 9.60. The number of guanidine groups is 1. The number of nitrogens with one attached hydrogen (secondary N) is 2. The molecular weight excluding hydrogens is 260 g/mol. The molecule has 0 radical (unpaired) electrons. The molecule has 1 aliphatic rings. The van der Waals surface area contributed by atoms with Crippen molar-refractivity contribution in [1.82, 2.24) is 10.6 Å². The number of hydrogen-bond donors (Lipinski definition) is 2. The highest BCUT2D eigenvalue weighted by Gasteiger charge is 2.22. The van der Waals surface area contributed by atoms with Gasteiger partial charge in [0.2, 0.25) is 0 Å². The van der Waals surface area contributed by atoms with Gasteiger partial charge in [0.05, 0.1) is 0 Å². The molecule has 0 saturated heterocycles. The third kappa shape index (κ3) is 4.18. The molecule has 20 heavy (non-hydrogen) atoms. The van der Waals surface area contributed by atoms with Gasteiger partial charge in [-0.05, 0) is 31.4 Å². The van der Waals surface area contributed by atoms with Crippen LogP contribution in [0, 0.1) is 11.6 Å². The van der Waals surface area contributed by atoms with E-state index in [2.05, 4.69) is 15.6 Å². The van der Waals surface area contributed by atoms with Gasteiger partial charge in [0.25, 0.3) is 0 Å². The van der Waals surface area contributed by atoms with Gasteiger partial charge in [-0.15, -0.1) is 0 Å². The molecule has 5 heteroatoms. The summed E-state index contributed by atoms with van der Waals surface area (Å²) in [4.78, 5) is 4.47. The first-order valence-electron chi connectivity index (χ1n) is 7.10. The lowest BCUT2D eigenvalue weighted by atomic mass is 10.0. The molecule has 0 bridgehead atoms. The minimum absolute atomic E-state index is 0.0924. The monoisotopic (exact) mass is 281 g/mol. The van der Waals surface area contributed by atoms with Crippen molar-refractivity contribution in [2.45, 2.75) is 38.6 Å². The number of halogens is 2. The molecule has 0 heterocycles. The summed E-state index contributed by atoms with van der Waals surface area (Å²) in [6.45, 7) is 5.15. The van der Waals surface area contributed by atoms with E-state index in [0.29, 0.717) is 18.2 Å². The van der Waals surface area contributed by atoms with Gasteiger partial charge in [-0.25, -0.2) is 8.78 Å². The molecule has 1 aromatic carbocycles. The summed E-state index contributed by atoms with van der Waals surface area (Å²) >= 11 is 0. The van der Waals surface area contributed by atoms with Crippen molar-refractivity contribution < 1.29 is 8.78 Å². The first-order valence-corrected chi connectivity index (χ1v) is 7.10. The number of nitrogens with zero attached hydrogens (tertiary/aromatic N) is 1. The summed E-state index contributed by atoms with van der Waals surface area (Å²) in [6, 6.07) is 4.22. The lowest BCUT2D eigenvalue weighted by Gasteiger charge is -2.14. The second kappa shape index (κ2) is 6.68. The Balaban J connectivity index is 1.99. The molecule has 2 rings (SSSR count). The van der Waals surface area contributed by atoms with Crippen molar-refractivity contribution >= 4 is 5.96 Å². The van der Waals surface area contributed by atoms with Crippen LogP contribution in [0.1, 0.15) is 38.2 Å². The highest BCUT2D eigenvalue weighted by molar-refractivity contribution is 5.80. The lowest BCUT2D eigenvalue weighted by molar-refractivity contribution is 0.560. The van der Waals surface area contributed by atoms with Gasteiger partial charge in [0.15, 0.2) is 5.96 Å². The van der Waals surface area contributed by atoms with E-state index >= 15 is 0 Å². The highest BCUT2D eigenvalue weighted by Crippen LogP contribution is 2.21. The Hall–Kier alpha value is -1.65. The van der Waals surface area contributed by atoms with Crippen LogP contribution in [-0.4, -0.2) is 25.1 Å². The zero-order valence-corrected chi connectivity index (χ0v) is 11.9. The van der Waals surface area contributed by atoms with Crippen molar-refractivity contribution in [2.75, 3.05) is 13.1 Å². The topological polar surface area (TPSA) is 36.4 Å². The van der Waals surface area contributed by atoms with Crippen LogP contribution in [0.2, 0.25) is 0 Å². The number of aliphatic imine (C=N–C) groups is 1. The smallest absolute Gasteiger partial charge is 0.191 e. The Morgan fingerprint density at radius 3 is 2.75 bits per heavy atom. The SMILES string of the molecule is CCNC(=NCC(C)c1ccc(F)cc1F)NC1CC1. The Kier molecular flexibility index (Phi) is 4.93. The molecule has 1 saturated carbocycles. The molecule has 0 spiro atoms. The van der Waals surface area contributed by atoms with Gasteiger partial charge in [-0.1, -0.05) is 13.0 Å². The molecule has 1 fully saturated rings. The van der Waals surface area contributed by atoms with Crippen LogP contribution in [0.15, 0.2) is 23.2 Å². The second-order valence-corrected chi connectivity index (χ2v) is 5.21. The van der Waals surface area contributed by atoms with Gasteiger partial charge in [0.1, 0.15) is 11.6 Å². The largest absolute Gasteiger partial charge is 0.357 e. The van der Waals surface area contributed by atoms with E-state index in [1.807, 2.05) is 13.8 Å². The number of benzene rings is 1. The van der Waals surface area contributed by atoms with Crippen LogP contribution < -0.4 is 10.6 Å². The first kappa shape index (κ1) is 14.8. The normalized spacial score (nSPS) is 16.9. The van der Waals surface area contributed by atoms with Crippen LogP contribution in [-0.2, 0) is 0 Å². The molecule has 1 atom stereocenters. The Labute approximate surface area is 118 Å². The van der Waals surface area contributed by atoms with E-state index in [0.717, 1.165) is 18.6 Å². The maximum atomic E-state index is 13.7. The van der Waals surface area contributed by atoms with Crippen molar-refractivity contribution in [3.05, 3.63) is 35.4 Å². The fourth-order valence-electron chi connectivity index (χ4n) is 1.97. The molecular formula is C15H21F2N3. The standard InChI is InChI=1S/C15H21F2N3/c1-3-18-15(20-12-5-6-12)19-9-10(2)13-7-4-11(16)8-14(13)17/h4,7-8,10,12H,3,5-6,9H2,1-2H3,(H2,18,19,20). The third-order valence-electron chi connectivity index (χ3n) is 3.28. The molecule has 110 valence electrons. The van der Waals surface area contributed by atoms with E-state index in [1.54, 1.807) is 0 Å². The number of hydrogen-bond acceptors (Lipinski definition) is 1. The van der Waals surface area contributed by atoms with E-state index in [-0.39, 0.29) is 5.92 Å². The zero-order chi connectivity index (χ0) is 14.5. The Bertz CT molecular complexity index is 484. The van der Waals surface area contributed by atoms with Crippen molar-refractivity contribution in [3.8, 4) is 0 Å². The molecule has 1 aromatic rings. The summed E-state index contributed by atoms with van der Waals surface area (Å²) in [7, 11) is 0. The van der Waals surface area contributed by atoms with E-state index < -0.39 is 11.6 Å². The van der Waals surface area contributed by atoms with Crippen LogP contribution in [0.4, 0.5) is 8.78 Å². The van der Waals surface area contributed by atoms with Crippen LogP contribution in [0.3, 0.4) is 0 Å². The molecule has 2 N–H and O–H groups in total. The quantitative estimate of drug-likeness (QED) is 0.643. The van der Waals surface area contributed by atoms with Crippen LogP contribution in [0.25, 0.3) is 0 Å². The van der Waals surface area contributed by atoms with Gasteiger partial charge < -0.3 is 10.6 Å². The third-order valence-corrected chi connectivity index (χ3v) is 3.28. The van der Waals surface area contributed by atoms with Crippen LogP contribution >= 0.6 is 0 Å². The lowest BCUT2D eigenvalue weighted by Crippen LogP contribution is -2.38.